The average molecular weight is 383 g/mol. The molecule has 1 aromatic heterocycles. The number of hydrogen-bond acceptors (Lipinski definition) is 5. The number of amides is 2. The zero-order chi connectivity index (χ0) is 19.2. The molecule has 0 aliphatic heterocycles. The lowest BCUT2D eigenvalue weighted by Crippen LogP contribution is -2.28. The van der Waals surface area contributed by atoms with E-state index < -0.39 is 0 Å². The van der Waals surface area contributed by atoms with Crippen LogP contribution in [-0.4, -0.2) is 25.2 Å². The summed E-state index contributed by atoms with van der Waals surface area (Å²) < 4.78 is 10.5. The molecule has 2 N–H and O–H groups in total. The standard InChI is InChI=1S/C20H21N3O3S/c1-13-4-7-15(8-5-13)16-12-27-20(22-16)23-19(24)21-11-14-6-9-17(25-2)18(10-14)26-3/h4-10,12H,11H2,1-3H3,(H2,21,22,23,24). The molecule has 3 rings (SSSR count). The molecule has 0 atom stereocenters. The van der Waals surface area contributed by atoms with Crippen LogP contribution in [0.1, 0.15) is 11.1 Å². The molecule has 0 aliphatic rings. The minimum Gasteiger partial charge on any atom is -0.493 e. The van der Waals surface area contributed by atoms with Gasteiger partial charge >= 0.3 is 6.03 Å². The number of anilines is 1. The summed E-state index contributed by atoms with van der Waals surface area (Å²) in [6.07, 6.45) is 0. The molecule has 1 heterocycles. The van der Waals surface area contributed by atoms with Crippen LogP contribution in [-0.2, 0) is 6.54 Å². The van der Waals surface area contributed by atoms with Crippen LogP contribution in [0.5, 0.6) is 11.5 Å². The van der Waals surface area contributed by atoms with Gasteiger partial charge in [0.05, 0.1) is 19.9 Å². The van der Waals surface area contributed by atoms with Crippen molar-refractivity contribution in [2.75, 3.05) is 19.5 Å². The Hall–Kier alpha value is -3.06. The summed E-state index contributed by atoms with van der Waals surface area (Å²) in [7, 11) is 3.16. The number of carbonyl (C=O) groups excluding carboxylic acids is 1. The van der Waals surface area contributed by atoms with Gasteiger partial charge in [0.25, 0.3) is 0 Å². The van der Waals surface area contributed by atoms with Gasteiger partial charge in [0, 0.05) is 17.5 Å². The van der Waals surface area contributed by atoms with Crippen molar-refractivity contribution in [2.24, 2.45) is 0 Å². The molecule has 0 saturated heterocycles. The van der Waals surface area contributed by atoms with Gasteiger partial charge in [-0.2, -0.15) is 0 Å². The topological polar surface area (TPSA) is 72.5 Å². The fourth-order valence-corrected chi connectivity index (χ4v) is 3.22. The van der Waals surface area contributed by atoms with Gasteiger partial charge in [0.15, 0.2) is 16.6 Å². The third-order valence-corrected chi connectivity index (χ3v) is 4.73. The van der Waals surface area contributed by atoms with Crippen molar-refractivity contribution in [3.63, 3.8) is 0 Å². The first-order valence-electron chi connectivity index (χ1n) is 8.37. The first-order valence-corrected chi connectivity index (χ1v) is 9.25. The number of hydrogen-bond donors (Lipinski definition) is 2. The summed E-state index contributed by atoms with van der Waals surface area (Å²) in [5, 5.41) is 8.06. The third-order valence-electron chi connectivity index (χ3n) is 3.97. The number of ether oxygens (including phenoxy) is 2. The van der Waals surface area contributed by atoms with E-state index in [9.17, 15) is 4.79 Å². The maximum Gasteiger partial charge on any atom is 0.321 e. The fourth-order valence-electron chi connectivity index (χ4n) is 2.50. The number of rotatable bonds is 6. The highest BCUT2D eigenvalue weighted by molar-refractivity contribution is 7.14. The molecule has 27 heavy (non-hydrogen) atoms. The van der Waals surface area contributed by atoms with Crippen LogP contribution in [0.4, 0.5) is 9.93 Å². The van der Waals surface area contributed by atoms with Crippen molar-refractivity contribution in [2.45, 2.75) is 13.5 Å². The van der Waals surface area contributed by atoms with Crippen LogP contribution < -0.4 is 20.1 Å². The molecule has 0 saturated carbocycles. The maximum atomic E-state index is 12.1. The summed E-state index contributed by atoms with van der Waals surface area (Å²) >= 11 is 1.39. The maximum absolute atomic E-state index is 12.1. The van der Waals surface area contributed by atoms with Crippen LogP contribution in [0.2, 0.25) is 0 Å². The van der Waals surface area contributed by atoms with E-state index in [0.29, 0.717) is 23.2 Å². The van der Waals surface area contributed by atoms with E-state index in [0.717, 1.165) is 16.8 Å². The molecule has 0 bridgehead atoms. The summed E-state index contributed by atoms with van der Waals surface area (Å²) in [5.41, 5.74) is 3.97. The molecule has 2 amide bonds. The SMILES string of the molecule is COc1ccc(CNC(=O)Nc2nc(-c3ccc(C)cc3)cs2)cc1OC. The molecule has 0 spiro atoms. The van der Waals surface area contributed by atoms with Crippen LogP contribution >= 0.6 is 11.3 Å². The smallest absolute Gasteiger partial charge is 0.321 e. The van der Waals surface area contributed by atoms with E-state index >= 15 is 0 Å². The lowest BCUT2D eigenvalue weighted by molar-refractivity contribution is 0.251. The fraction of sp³-hybridized carbons (Fsp3) is 0.200. The van der Waals surface area contributed by atoms with Gasteiger partial charge in [-0.15, -0.1) is 11.3 Å². The summed E-state index contributed by atoms with van der Waals surface area (Å²) in [4.78, 5) is 16.6. The Morgan fingerprint density at radius 1 is 1.07 bits per heavy atom. The van der Waals surface area contributed by atoms with Gasteiger partial charge < -0.3 is 14.8 Å². The van der Waals surface area contributed by atoms with Gasteiger partial charge in [-0.3, -0.25) is 5.32 Å². The number of aryl methyl sites for hydroxylation is 1. The second-order valence-electron chi connectivity index (χ2n) is 5.90. The highest BCUT2D eigenvalue weighted by Crippen LogP contribution is 2.27. The van der Waals surface area contributed by atoms with E-state index in [2.05, 4.69) is 15.6 Å². The molecule has 140 valence electrons. The normalized spacial score (nSPS) is 10.3. The third kappa shape index (κ3) is 4.77. The minimum absolute atomic E-state index is 0.311. The lowest BCUT2D eigenvalue weighted by Gasteiger charge is -2.10. The number of benzene rings is 2. The highest BCUT2D eigenvalue weighted by Gasteiger charge is 2.09. The quantitative estimate of drug-likeness (QED) is 0.659. The molecule has 7 heteroatoms. The van der Waals surface area contributed by atoms with E-state index in [4.69, 9.17) is 9.47 Å². The summed E-state index contributed by atoms with van der Waals surface area (Å²) in [6.45, 7) is 2.41. The second kappa shape index (κ2) is 8.55. The molecular formula is C20H21N3O3S. The number of urea groups is 1. The number of carbonyl (C=O) groups is 1. The molecule has 6 nitrogen and oxygen atoms in total. The zero-order valence-corrected chi connectivity index (χ0v) is 16.2. The van der Waals surface area contributed by atoms with Crippen molar-refractivity contribution < 1.29 is 14.3 Å². The van der Waals surface area contributed by atoms with Crippen molar-refractivity contribution in [3.8, 4) is 22.8 Å². The Morgan fingerprint density at radius 3 is 2.52 bits per heavy atom. The zero-order valence-electron chi connectivity index (χ0n) is 15.4. The molecule has 2 aromatic carbocycles. The molecule has 0 aliphatic carbocycles. The van der Waals surface area contributed by atoms with Crippen LogP contribution in [0.25, 0.3) is 11.3 Å². The predicted octanol–water partition coefficient (Wildman–Crippen LogP) is 4.46. The molecular weight excluding hydrogens is 362 g/mol. The average Bonchev–Trinajstić information content (AvgIpc) is 3.15. The Bertz CT molecular complexity index is 922. The van der Waals surface area contributed by atoms with E-state index in [1.165, 1.54) is 16.9 Å². The van der Waals surface area contributed by atoms with Gasteiger partial charge in [-0.1, -0.05) is 35.9 Å². The number of nitrogens with zero attached hydrogens (tertiary/aromatic N) is 1. The first-order chi connectivity index (χ1) is 13.1. The minimum atomic E-state index is -0.311. The predicted molar refractivity (Wildman–Crippen MR) is 108 cm³/mol. The largest absolute Gasteiger partial charge is 0.493 e. The molecule has 0 radical (unpaired) electrons. The summed E-state index contributed by atoms with van der Waals surface area (Å²) in [6, 6.07) is 13.3. The van der Waals surface area contributed by atoms with Crippen LogP contribution in [0, 0.1) is 6.92 Å². The van der Waals surface area contributed by atoms with Gasteiger partial charge in [-0.25, -0.2) is 9.78 Å². The Balaban J connectivity index is 1.58. The Kier molecular flexibility index (Phi) is 5.93. The van der Waals surface area contributed by atoms with Crippen molar-refractivity contribution in [3.05, 3.63) is 59.0 Å². The first kappa shape index (κ1) is 18.7. The lowest BCUT2D eigenvalue weighted by atomic mass is 10.1. The van der Waals surface area contributed by atoms with Gasteiger partial charge in [0.2, 0.25) is 0 Å². The molecule has 0 unspecified atom stereocenters. The number of aromatic nitrogens is 1. The van der Waals surface area contributed by atoms with Crippen molar-refractivity contribution >= 4 is 22.5 Å². The van der Waals surface area contributed by atoms with E-state index in [-0.39, 0.29) is 6.03 Å². The van der Waals surface area contributed by atoms with E-state index in [1.54, 1.807) is 14.2 Å². The number of nitrogens with one attached hydrogen (secondary N) is 2. The number of thiazole rings is 1. The molecule has 0 fully saturated rings. The Morgan fingerprint density at radius 2 is 1.81 bits per heavy atom. The van der Waals surface area contributed by atoms with Crippen LogP contribution in [0.15, 0.2) is 47.8 Å². The summed E-state index contributed by atoms with van der Waals surface area (Å²) in [5.74, 6) is 1.27. The second-order valence-corrected chi connectivity index (χ2v) is 6.76. The van der Waals surface area contributed by atoms with Crippen LogP contribution in [0.3, 0.4) is 0 Å². The highest BCUT2D eigenvalue weighted by atomic mass is 32.1. The Labute approximate surface area is 162 Å². The van der Waals surface area contributed by atoms with Gasteiger partial charge in [0.1, 0.15) is 0 Å². The van der Waals surface area contributed by atoms with Crippen molar-refractivity contribution in [1.82, 2.24) is 10.3 Å². The van der Waals surface area contributed by atoms with Crippen molar-refractivity contribution in [1.29, 1.82) is 0 Å². The number of methoxy groups -OCH3 is 2. The van der Waals surface area contributed by atoms with Gasteiger partial charge in [-0.05, 0) is 24.6 Å². The monoisotopic (exact) mass is 383 g/mol. The molecule has 3 aromatic rings. The van der Waals surface area contributed by atoms with E-state index in [1.807, 2.05) is 54.8 Å².